The molecule has 0 spiro atoms. The van der Waals surface area contributed by atoms with Gasteiger partial charge in [0.05, 0.1) is 11.2 Å². The number of allylic oxidation sites excluding steroid dienone is 2. The maximum absolute atomic E-state index is 5.77. The van der Waals surface area contributed by atoms with Crippen LogP contribution in [0.3, 0.4) is 0 Å². The largest absolute Gasteiger partial charge is 0.486 e. The monoisotopic (exact) mass is 194 g/mol. The van der Waals surface area contributed by atoms with Crippen molar-refractivity contribution in [3.63, 3.8) is 0 Å². The van der Waals surface area contributed by atoms with Crippen LogP contribution in [0.5, 0.6) is 0 Å². The molecule has 0 bridgehead atoms. The van der Waals surface area contributed by atoms with Gasteiger partial charge in [-0.1, -0.05) is 18.1 Å². The molecule has 1 heterocycles. The van der Waals surface area contributed by atoms with Crippen molar-refractivity contribution in [2.24, 2.45) is 0 Å². The molecule has 1 aliphatic rings. The molecule has 0 aromatic carbocycles. The van der Waals surface area contributed by atoms with E-state index in [0.717, 1.165) is 6.42 Å². The van der Waals surface area contributed by atoms with E-state index < -0.39 is 0 Å². The van der Waals surface area contributed by atoms with Gasteiger partial charge in [-0.05, 0) is 34.1 Å². The first-order valence-electron chi connectivity index (χ1n) is 5.02. The molecule has 1 fully saturated rings. The van der Waals surface area contributed by atoms with Crippen molar-refractivity contribution in [3.05, 3.63) is 24.7 Å². The molecule has 3 heteroatoms. The summed E-state index contributed by atoms with van der Waals surface area (Å²) in [6.45, 7) is 11.8. The van der Waals surface area contributed by atoms with Crippen LogP contribution in [0.2, 0.25) is 0 Å². The Labute approximate surface area is 87.1 Å². The second-order valence-corrected chi connectivity index (χ2v) is 4.58. The van der Waals surface area contributed by atoms with Crippen LogP contribution < -0.4 is 0 Å². The van der Waals surface area contributed by atoms with Gasteiger partial charge in [-0.3, -0.25) is 0 Å². The van der Waals surface area contributed by atoms with Crippen LogP contribution in [0.1, 0.15) is 34.1 Å². The Morgan fingerprint density at radius 2 is 1.64 bits per heavy atom. The number of hydrogen-bond donors (Lipinski definition) is 0. The molecule has 0 aromatic heterocycles. The summed E-state index contributed by atoms with van der Waals surface area (Å²) >= 11 is 0. The zero-order valence-electron chi connectivity index (χ0n) is 9.54. The van der Waals surface area contributed by atoms with Crippen molar-refractivity contribution >= 4 is 7.12 Å². The molecule has 2 nitrogen and oxygen atoms in total. The van der Waals surface area contributed by atoms with Crippen molar-refractivity contribution in [2.45, 2.75) is 45.3 Å². The minimum atomic E-state index is -0.240. The summed E-state index contributed by atoms with van der Waals surface area (Å²) in [4.78, 5) is 0. The van der Waals surface area contributed by atoms with Gasteiger partial charge in [0, 0.05) is 0 Å². The molecule has 1 saturated heterocycles. The Morgan fingerprint density at radius 1 is 1.14 bits per heavy atom. The lowest BCUT2D eigenvalue weighted by atomic mass is 9.90. The summed E-state index contributed by atoms with van der Waals surface area (Å²) in [7, 11) is -0.222. The summed E-state index contributed by atoms with van der Waals surface area (Å²) in [5.74, 6) is 1.94. The molecule has 0 amide bonds. The fourth-order valence-electron chi connectivity index (χ4n) is 1.25. The molecule has 0 N–H and O–H groups in total. The zero-order chi connectivity index (χ0) is 10.8. The molecule has 1 rings (SSSR count). The normalized spacial score (nSPS) is 24.4. The third-order valence-electron chi connectivity index (χ3n) is 2.87. The van der Waals surface area contributed by atoms with E-state index in [1.165, 1.54) is 0 Å². The minimum Gasteiger partial charge on any atom is -0.400 e. The van der Waals surface area contributed by atoms with Gasteiger partial charge in [0.15, 0.2) is 0 Å². The van der Waals surface area contributed by atoms with Crippen LogP contribution in [-0.4, -0.2) is 18.3 Å². The van der Waals surface area contributed by atoms with Crippen molar-refractivity contribution in [3.8, 4) is 0 Å². The molecule has 0 radical (unpaired) electrons. The molecule has 1 aliphatic heterocycles. The van der Waals surface area contributed by atoms with E-state index in [0.29, 0.717) is 0 Å². The molecule has 0 aliphatic carbocycles. The summed E-state index contributed by atoms with van der Waals surface area (Å²) in [6.07, 6.45) is 4.71. The molecule has 78 valence electrons. The van der Waals surface area contributed by atoms with Gasteiger partial charge in [-0.2, -0.15) is 0 Å². The maximum Gasteiger partial charge on any atom is 0.486 e. The van der Waals surface area contributed by atoms with Crippen LogP contribution in [-0.2, 0) is 9.31 Å². The highest BCUT2D eigenvalue weighted by atomic mass is 16.7. The standard InChI is InChI=1S/C11H19BO2/c1-6-7-8-9-12-13-10(2,3)11(4,5)14-12/h6,8-9H,1,7H2,2-5H3/b9-8-. The Kier molecular flexibility index (Phi) is 3.22. The predicted octanol–water partition coefficient (Wildman–Crippen LogP) is 2.75. The van der Waals surface area contributed by atoms with Crippen LogP contribution in [0.15, 0.2) is 24.7 Å². The van der Waals surface area contributed by atoms with Crippen molar-refractivity contribution in [1.82, 2.24) is 0 Å². The van der Waals surface area contributed by atoms with Crippen LogP contribution >= 0.6 is 0 Å². The average Bonchev–Trinajstić information content (AvgIpc) is 2.21. The Morgan fingerprint density at radius 3 is 2.07 bits per heavy atom. The van der Waals surface area contributed by atoms with Crippen LogP contribution in [0.25, 0.3) is 0 Å². The van der Waals surface area contributed by atoms with Crippen molar-refractivity contribution < 1.29 is 9.31 Å². The van der Waals surface area contributed by atoms with E-state index in [9.17, 15) is 0 Å². The number of rotatable bonds is 3. The first-order chi connectivity index (χ1) is 6.39. The van der Waals surface area contributed by atoms with E-state index in [4.69, 9.17) is 9.31 Å². The molecule has 0 atom stereocenters. The topological polar surface area (TPSA) is 18.5 Å². The summed E-state index contributed by atoms with van der Waals surface area (Å²) in [5, 5.41) is 0. The van der Waals surface area contributed by atoms with Gasteiger partial charge < -0.3 is 9.31 Å². The summed E-state index contributed by atoms with van der Waals surface area (Å²) in [5.41, 5.74) is -0.480. The summed E-state index contributed by atoms with van der Waals surface area (Å²) in [6, 6.07) is 0. The van der Waals surface area contributed by atoms with Crippen molar-refractivity contribution in [2.75, 3.05) is 0 Å². The first kappa shape index (κ1) is 11.5. The molecular formula is C11H19BO2. The highest BCUT2D eigenvalue weighted by molar-refractivity contribution is 6.51. The first-order valence-corrected chi connectivity index (χ1v) is 5.02. The third kappa shape index (κ3) is 2.28. The summed E-state index contributed by atoms with van der Waals surface area (Å²) < 4.78 is 11.5. The number of hydrogen-bond acceptors (Lipinski definition) is 2. The van der Waals surface area contributed by atoms with Gasteiger partial charge in [-0.15, -0.1) is 6.58 Å². The zero-order valence-corrected chi connectivity index (χ0v) is 9.54. The minimum absolute atomic E-state index is 0.222. The van der Waals surface area contributed by atoms with Gasteiger partial charge in [0.25, 0.3) is 0 Å². The van der Waals surface area contributed by atoms with E-state index in [2.05, 4.69) is 6.58 Å². The van der Waals surface area contributed by atoms with E-state index >= 15 is 0 Å². The highest BCUT2D eigenvalue weighted by Crippen LogP contribution is 2.36. The second-order valence-electron chi connectivity index (χ2n) is 4.58. The van der Waals surface area contributed by atoms with Crippen LogP contribution in [0, 0.1) is 0 Å². The van der Waals surface area contributed by atoms with Crippen molar-refractivity contribution in [1.29, 1.82) is 0 Å². The lowest BCUT2D eigenvalue weighted by Crippen LogP contribution is -2.41. The average molecular weight is 194 g/mol. The predicted molar refractivity (Wildman–Crippen MR) is 60.0 cm³/mol. The highest BCUT2D eigenvalue weighted by Gasteiger charge is 2.49. The SMILES string of the molecule is C=CC/C=C\B1OC(C)(C)C(C)(C)O1. The van der Waals surface area contributed by atoms with Gasteiger partial charge in [0.1, 0.15) is 0 Å². The molecule has 14 heavy (non-hydrogen) atoms. The van der Waals surface area contributed by atoms with Crippen LogP contribution in [0.4, 0.5) is 0 Å². The Bertz CT molecular complexity index is 228. The lowest BCUT2D eigenvalue weighted by Gasteiger charge is -2.32. The molecule has 0 saturated carbocycles. The smallest absolute Gasteiger partial charge is 0.400 e. The Balaban J connectivity index is 2.59. The van der Waals surface area contributed by atoms with Gasteiger partial charge in [0.2, 0.25) is 0 Å². The molecule has 0 aromatic rings. The van der Waals surface area contributed by atoms with Gasteiger partial charge in [-0.25, -0.2) is 0 Å². The second kappa shape index (κ2) is 3.91. The lowest BCUT2D eigenvalue weighted by molar-refractivity contribution is 0.00578. The van der Waals surface area contributed by atoms with E-state index in [1.54, 1.807) is 0 Å². The Hall–Kier alpha value is -0.535. The molecule has 0 unspecified atom stereocenters. The van der Waals surface area contributed by atoms with E-state index in [1.807, 2.05) is 45.8 Å². The third-order valence-corrected chi connectivity index (χ3v) is 2.87. The molecular weight excluding hydrogens is 175 g/mol. The van der Waals surface area contributed by atoms with Gasteiger partial charge >= 0.3 is 7.12 Å². The quantitative estimate of drug-likeness (QED) is 0.508. The maximum atomic E-state index is 5.77. The van der Waals surface area contributed by atoms with E-state index in [-0.39, 0.29) is 18.3 Å². The fourth-order valence-corrected chi connectivity index (χ4v) is 1.25. The fraction of sp³-hybridized carbons (Fsp3) is 0.636.